The minimum atomic E-state index is 0.171. The van der Waals surface area contributed by atoms with Crippen molar-refractivity contribution in [3.8, 4) is 16.6 Å². The standard InChI is InChI=1S/C21H25N7O2S/c1-22-8-14-9-25-18(11-24-14)28-20-26-10-17(31-20)16-4-7-23-19(27-16)30-15-2-5-21(6-3-15)12-29-13-21/h4,7,9-11,15,22H,2-3,5-6,8,12-13H2,1H3,(H,25,26,28). The first kappa shape index (κ1) is 20.2. The number of anilines is 2. The van der Waals surface area contributed by atoms with Crippen LogP contribution in [0.15, 0.2) is 30.9 Å². The van der Waals surface area contributed by atoms with Crippen molar-refractivity contribution in [2.24, 2.45) is 5.41 Å². The molecule has 0 atom stereocenters. The van der Waals surface area contributed by atoms with Crippen molar-refractivity contribution in [1.82, 2.24) is 30.2 Å². The number of thiazole rings is 1. The third-order valence-corrected chi connectivity index (χ3v) is 6.71. The molecule has 2 aliphatic rings. The highest BCUT2D eigenvalue weighted by Gasteiger charge is 2.42. The molecule has 1 aliphatic carbocycles. The van der Waals surface area contributed by atoms with Gasteiger partial charge in [-0.15, -0.1) is 0 Å². The molecule has 3 aromatic heterocycles. The lowest BCUT2D eigenvalue weighted by molar-refractivity contribution is -0.140. The Morgan fingerprint density at radius 2 is 2.00 bits per heavy atom. The van der Waals surface area contributed by atoms with Crippen LogP contribution in [0.4, 0.5) is 10.9 Å². The number of nitrogens with one attached hydrogen (secondary N) is 2. The van der Waals surface area contributed by atoms with Crippen molar-refractivity contribution in [2.45, 2.75) is 38.3 Å². The predicted octanol–water partition coefficient (Wildman–Crippen LogP) is 3.19. The summed E-state index contributed by atoms with van der Waals surface area (Å²) >= 11 is 1.50. The van der Waals surface area contributed by atoms with E-state index in [1.165, 1.54) is 11.3 Å². The lowest BCUT2D eigenvalue weighted by atomic mass is 9.72. The monoisotopic (exact) mass is 439 g/mol. The summed E-state index contributed by atoms with van der Waals surface area (Å²) in [6.07, 6.45) is 11.5. The van der Waals surface area contributed by atoms with Gasteiger partial charge in [-0.3, -0.25) is 4.98 Å². The summed E-state index contributed by atoms with van der Waals surface area (Å²) in [5.41, 5.74) is 2.09. The predicted molar refractivity (Wildman–Crippen MR) is 117 cm³/mol. The van der Waals surface area contributed by atoms with Crippen molar-refractivity contribution >= 4 is 22.3 Å². The van der Waals surface area contributed by atoms with E-state index in [0.717, 1.165) is 60.3 Å². The maximum Gasteiger partial charge on any atom is 0.317 e. The van der Waals surface area contributed by atoms with Gasteiger partial charge in [-0.05, 0) is 38.8 Å². The van der Waals surface area contributed by atoms with E-state index in [0.29, 0.717) is 23.8 Å². The molecule has 31 heavy (non-hydrogen) atoms. The zero-order chi connectivity index (χ0) is 21.1. The van der Waals surface area contributed by atoms with Crippen LogP contribution in [0.25, 0.3) is 10.6 Å². The Hall–Kier alpha value is -2.69. The molecule has 1 saturated carbocycles. The van der Waals surface area contributed by atoms with E-state index in [1.807, 2.05) is 13.1 Å². The van der Waals surface area contributed by atoms with E-state index in [1.54, 1.807) is 24.8 Å². The number of rotatable bonds is 7. The van der Waals surface area contributed by atoms with E-state index in [-0.39, 0.29) is 6.10 Å². The summed E-state index contributed by atoms with van der Waals surface area (Å²) in [5, 5.41) is 6.97. The average molecular weight is 440 g/mol. The molecule has 1 aliphatic heterocycles. The molecule has 162 valence electrons. The Balaban J connectivity index is 1.21. The molecular formula is C21H25N7O2S. The Morgan fingerprint density at radius 1 is 1.13 bits per heavy atom. The van der Waals surface area contributed by atoms with Crippen molar-refractivity contribution in [3.63, 3.8) is 0 Å². The summed E-state index contributed by atoms with van der Waals surface area (Å²) in [6.45, 7) is 2.49. The fourth-order valence-corrected chi connectivity index (χ4v) is 4.73. The molecule has 2 fully saturated rings. The van der Waals surface area contributed by atoms with Gasteiger partial charge in [0.25, 0.3) is 0 Å². The first-order valence-electron chi connectivity index (χ1n) is 10.5. The van der Waals surface area contributed by atoms with Crippen molar-refractivity contribution < 1.29 is 9.47 Å². The SMILES string of the molecule is CNCc1cnc(Nc2ncc(-c3ccnc(OC4CCC5(CC4)COC5)n3)s2)cn1. The van der Waals surface area contributed by atoms with Gasteiger partial charge in [-0.1, -0.05) is 11.3 Å². The zero-order valence-corrected chi connectivity index (χ0v) is 18.2. The van der Waals surface area contributed by atoms with Gasteiger partial charge >= 0.3 is 6.01 Å². The summed E-state index contributed by atoms with van der Waals surface area (Å²) in [4.78, 5) is 23.0. The van der Waals surface area contributed by atoms with Crippen LogP contribution in [-0.4, -0.2) is 51.3 Å². The van der Waals surface area contributed by atoms with Crippen LogP contribution < -0.4 is 15.4 Å². The zero-order valence-electron chi connectivity index (χ0n) is 17.4. The van der Waals surface area contributed by atoms with Gasteiger partial charge in [0.05, 0.1) is 41.9 Å². The lowest BCUT2D eigenvalue weighted by Crippen LogP contribution is -2.46. The summed E-state index contributed by atoms with van der Waals surface area (Å²) < 4.78 is 11.5. The van der Waals surface area contributed by atoms with Gasteiger partial charge in [0, 0.05) is 24.4 Å². The second-order valence-corrected chi connectivity index (χ2v) is 9.14. The molecule has 5 rings (SSSR count). The fraction of sp³-hybridized carbons (Fsp3) is 0.476. The maximum absolute atomic E-state index is 6.10. The van der Waals surface area contributed by atoms with Gasteiger partial charge in [-0.2, -0.15) is 4.98 Å². The Kier molecular flexibility index (Phi) is 5.75. The van der Waals surface area contributed by atoms with Crippen LogP contribution >= 0.6 is 11.3 Å². The van der Waals surface area contributed by atoms with Crippen molar-refractivity contribution in [3.05, 3.63) is 36.5 Å². The molecule has 10 heteroatoms. The Morgan fingerprint density at radius 3 is 2.71 bits per heavy atom. The van der Waals surface area contributed by atoms with Gasteiger partial charge in [0.1, 0.15) is 6.10 Å². The number of aromatic nitrogens is 5. The first-order chi connectivity index (χ1) is 15.2. The number of nitrogens with zero attached hydrogens (tertiary/aromatic N) is 5. The van der Waals surface area contributed by atoms with E-state index in [4.69, 9.17) is 9.47 Å². The minimum absolute atomic E-state index is 0.171. The highest BCUT2D eigenvalue weighted by atomic mass is 32.1. The van der Waals surface area contributed by atoms with E-state index in [9.17, 15) is 0 Å². The lowest BCUT2D eigenvalue weighted by Gasteiger charge is -2.45. The quantitative estimate of drug-likeness (QED) is 0.574. The topological polar surface area (TPSA) is 107 Å². The second-order valence-electron chi connectivity index (χ2n) is 8.11. The molecule has 0 aromatic carbocycles. The second kappa shape index (κ2) is 8.81. The molecule has 3 aromatic rings. The van der Waals surface area contributed by atoms with Crippen molar-refractivity contribution in [2.75, 3.05) is 25.6 Å². The van der Waals surface area contributed by atoms with E-state index in [2.05, 4.69) is 35.6 Å². The van der Waals surface area contributed by atoms with E-state index >= 15 is 0 Å². The summed E-state index contributed by atoms with van der Waals surface area (Å²) in [7, 11) is 1.88. The van der Waals surface area contributed by atoms with Crippen LogP contribution in [0.1, 0.15) is 31.4 Å². The highest BCUT2D eigenvalue weighted by molar-refractivity contribution is 7.18. The van der Waals surface area contributed by atoms with Gasteiger partial charge in [0.2, 0.25) is 0 Å². The third kappa shape index (κ3) is 4.65. The smallest absolute Gasteiger partial charge is 0.317 e. The largest absolute Gasteiger partial charge is 0.460 e. The molecular weight excluding hydrogens is 414 g/mol. The summed E-state index contributed by atoms with van der Waals surface area (Å²) in [6, 6.07) is 2.30. The first-order valence-corrected chi connectivity index (χ1v) is 11.3. The molecule has 1 saturated heterocycles. The van der Waals surface area contributed by atoms with Crippen LogP contribution in [0, 0.1) is 5.41 Å². The maximum atomic E-state index is 6.10. The summed E-state index contributed by atoms with van der Waals surface area (Å²) in [5.74, 6) is 0.652. The fourth-order valence-electron chi connectivity index (χ4n) is 3.94. The van der Waals surface area contributed by atoms with Crippen LogP contribution in [0.2, 0.25) is 0 Å². The molecule has 0 unspecified atom stereocenters. The van der Waals surface area contributed by atoms with Gasteiger partial charge in [-0.25, -0.2) is 15.0 Å². The molecule has 9 nitrogen and oxygen atoms in total. The normalized spacial score (nSPS) is 18.0. The molecule has 0 amide bonds. The van der Waals surface area contributed by atoms with Crippen molar-refractivity contribution in [1.29, 1.82) is 0 Å². The van der Waals surface area contributed by atoms with Gasteiger partial charge < -0.3 is 20.1 Å². The van der Waals surface area contributed by atoms with E-state index < -0.39 is 0 Å². The minimum Gasteiger partial charge on any atom is -0.460 e. The van der Waals surface area contributed by atoms with Crippen LogP contribution in [0.3, 0.4) is 0 Å². The Labute approximate surface area is 184 Å². The highest BCUT2D eigenvalue weighted by Crippen LogP contribution is 2.43. The Bertz CT molecular complexity index is 1010. The molecule has 1 spiro atoms. The molecule has 0 bridgehead atoms. The molecule has 4 heterocycles. The number of hydrogen-bond donors (Lipinski definition) is 2. The third-order valence-electron chi connectivity index (χ3n) is 5.77. The van der Waals surface area contributed by atoms with Crippen LogP contribution in [0.5, 0.6) is 6.01 Å². The molecule has 2 N–H and O–H groups in total. The van der Waals surface area contributed by atoms with Crippen LogP contribution in [-0.2, 0) is 11.3 Å². The average Bonchev–Trinajstić information content (AvgIpc) is 3.24. The number of ether oxygens (including phenoxy) is 2. The number of hydrogen-bond acceptors (Lipinski definition) is 10. The van der Waals surface area contributed by atoms with Gasteiger partial charge in [0.15, 0.2) is 10.9 Å². The molecule has 0 radical (unpaired) electrons.